The molecule has 1 aromatic heterocycles. The molecule has 0 aliphatic carbocycles. The maximum atomic E-state index is 6.30. The Morgan fingerprint density at radius 3 is 2.70 bits per heavy atom. The zero-order valence-electron chi connectivity index (χ0n) is 12.6. The molecule has 0 aromatic carbocycles. The monoisotopic (exact) mass is 293 g/mol. The molecule has 1 atom stereocenters. The molecule has 2 aliphatic heterocycles. The van der Waals surface area contributed by atoms with Gasteiger partial charge in [-0.2, -0.15) is 0 Å². The zero-order chi connectivity index (χ0) is 14.6. The molecule has 0 radical (unpaired) electrons. The van der Waals surface area contributed by atoms with Gasteiger partial charge in [0, 0.05) is 11.3 Å². The van der Waals surface area contributed by atoms with Gasteiger partial charge in [-0.25, -0.2) is 0 Å². The maximum Gasteiger partial charge on any atom is 0.192 e. The Morgan fingerprint density at radius 1 is 1.40 bits per heavy atom. The number of hydrogen-bond acceptors (Lipinski definition) is 5. The average molecular weight is 293 g/mol. The molecule has 0 bridgehead atoms. The summed E-state index contributed by atoms with van der Waals surface area (Å²) in [5, 5.41) is 2.10. The summed E-state index contributed by atoms with van der Waals surface area (Å²) >= 11 is 1.76. The van der Waals surface area contributed by atoms with E-state index in [1.165, 1.54) is 4.88 Å². The highest BCUT2D eigenvalue weighted by Crippen LogP contribution is 2.50. The van der Waals surface area contributed by atoms with Crippen LogP contribution in [-0.4, -0.2) is 34.1 Å². The summed E-state index contributed by atoms with van der Waals surface area (Å²) in [7, 11) is 0. The fourth-order valence-electron chi connectivity index (χ4n) is 3.80. The van der Waals surface area contributed by atoms with E-state index >= 15 is 0 Å². The molecule has 1 fully saturated rings. The first-order chi connectivity index (χ1) is 9.26. The van der Waals surface area contributed by atoms with Crippen LogP contribution in [0.1, 0.15) is 39.0 Å². The summed E-state index contributed by atoms with van der Waals surface area (Å²) in [4.78, 5) is 8.11. The minimum atomic E-state index is -0.265. The van der Waals surface area contributed by atoms with Crippen molar-refractivity contribution in [1.29, 1.82) is 0 Å². The molecule has 2 N–H and O–H groups in total. The molecule has 20 heavy (non-hydrogen) atoms. The minimum Gasteiger partial charge on any atom is -0.370 e. The highest BCUT2D eigenvalue weighted by Gasteiger charge is 2.62. The number of hydrogen-bond donors (Lipinski definition) is 1. The van der Waals surface area contributed by atoms with Crippen molar-refractivity contribution in [2.75, 3.05) is 6.54 Å². The number of nitrogens with two attached hydrogens (primary N) is 1. The largest absolute Gasteiger partial charge is 0.370 e. The maximum absolute atomic E-state index is 6.30. The quantitative estimate of drug-likeness (QED) is 0.912. The molecule has 0 amide bonds. The molecule has 0 saturated carbocycles. The SMILES string of the molecule is CC1(C)CC2(CN=C(N)N2Cc2cccs2)C(C)(C)O1. The summed E-state index contributed by atoms with van der Waals surface area (Å²) in [6, 6.07) is 4.23. The van der Waals surface area contributed by atoms with Crippen molar-refractivity contribution in [2.24, 2.45) is 10.7 Å². The van der Waals surface area contributed by atoms with Crippen molar-refractivity contribution in [1.82, 2.24) is 4.90 Å². The fraction of sp³-hybridized carbons (Fsp3) is 0.667. The number of nitrogens with zero attached hydrogens (tertiary/aromatic N) is 2. The fourth-order valence-corrected chi connectivity index (χ4v) is 4.49. The molecule has 3 heterocycles. The summed E-state index contributed by atoms with van der Waals surface area (Å²) < 4.78 is 6.30. The van der Waals surface area contributed by atoms with Gasteiger partial charge in [0.2, 0.25) is 0 Å². The standard InChI is InChI=1S/C15H23N3OS/c1-13(2)9-15(14(3,4)19-13)10-17-12(16)18(15)8-11-6-5-7-20-11/h5-7H,8-10H2,1-4H3,(H2,16,17). The molecule has 3 rings (SSSR count). The molecular weight excluding hydrogens is 270 g/mol. The summed E-state index contributed by atoms with van der Waals surface area (Å²) in [6.45, 7) is 10.2. The number of aliphatic imine (C=N–C) groups is 1. The molecule has 5 heteroatoms. The van der Waals surface area contributed by atoms with E-state index in [-0.39, 0.29) is 16.7 Å². The van der Waals surface area contributed by atoms with E-state index in [0.29, 0.717) is 5.96 Å². The van der Waals surface area contributed by atoms with Crippen LogP contribution in [0.4, 0.5) is 0 Å². The van der Waals surface area contributed by atoms with Crippen molar-refractivity contribution in [3.8, 4) is 0 Å². The van der Waals surface area contributed by atoms with Gasteiger partial charge in [0.15, 0.2) is 5.96 Å². The lowest BCUT2D eigenvalue weighted by Crippen LogP contribution is -2.60. The van der Waals surface area contributed by atoms with Gasteiger partial charge in [0.1, 0.15) is 0 Å². The molecule has 110 valence electrons. The van der Waals surface area contributed by atoms with Gasteiger partial charge in [-0.3, -0.25) is 4.99 Å². The molecular formula is C15H23N3OS. The highest BCUT2D eigenvalue weighted by atomic mass is 32.1. The van der Waals surface area contributed by atoms with Crippen molar-refractivity contribution < 1.29 is 4.74 Å². The predicted molar refractivity (Wildman–Crippen MR) is 82.9 cm³/mol. The van der Waals surface area contributed by atoms with Crippen molar-refractivity contribution >= 4 is 17.3 Å². The first-order valence-corrected chi connectivity index (χ1v) is 7.94. The summed E-state index contributed by atoms with van der Waals surface area (Å²) in [6.07, 6.45) is 0.947. The molecule has 1 spiro atoms. The van der Waals surface area contributed by atoms with Gasteiger partial charge in [0.25, 0.3) is 0 Å². The summed E-state index contributed by atoms with van der Waals surface area (Å²) in [5.41, 5.74) is 5.64. The van der Waals surface area contributed by atoms with Crippen molar-refractivity contribution in [2.45, 2.75) is 57.4 Å². The van der Waals surface area contributed by atoms with Gasteiger partial charge in [-0.15, -0.1) is 11.3 Å². The van der Waals surface area contributed by atoms with Gasteiger partial charge >= 0.3 is 0 Å². The van der Waals surface area contributed by atoms with Crippen molar-refractivity contribution in [3.63, 3.8) is 0 Å². The first-order valence-electron chi connectivity index (χ1n) is 7.06. The molecule has 1 unspecified atom stereocenters. The van der Waals surface area contributed by atoms with Crippen LogP contribution in [0.3, 0.4) is 0 Å². The smallest absolute Gasteiger partial charge is 0.192 e. The lowest BCUT2D eigenvalue weighted by atomic mass is 9.78. The van der Waals surface area contributed by atoms with Crippen LogP contribution in [0, 0.1) is 0 Å². The average Bonchev–Trinajstić information content (AvgIpc) is 2.94. The van der Waals surface area contributed by atoms with Crippen LogP contribution >= 0.6 is 11.3 Å². The van der Waals surface area contributed by atoms with E-state index in [1.807, 2.05) is 0 Å². The Kier molecular flexibility index (Phi) is 2.93. The van der Waals surface area contributed by atoms with E-state index in [1.54, 1.807) is 11.3 Å². The van der Waals surface area contributed by atoms with E-state index < -0.39 is 0 Å². The topological polar surface area (TPSA) is 50.8 Å². The molecule has 1 aromatic rings. The predicted octanol–water partition coefficient (Wildman–Crippen LogP) is 2.59. The third-order valence-corrected chi connectivity index (χ3v) is 5.42. The molecule has 1 saturated heterocycles. The van der Waals surface area contributed by atoms with Crippen LogP contribution in [0.2, 0.25) is 0 Å². The van der Waals surface area contributed by atoms with Gasteiger partial charge < -0.3 is 15.4 Å². The Hall–Kier alpha value is -1.07. The Morgan fingerprint density at radius 2 is 2.15 bits per heavy atom. The van der Waals surface area contributed by atoms with Crippen molar-refractivity contribution in [3.05, 3.63) is 22.4 Å². The second kappa shape index (κ2) is 4.21. The Bertz CT molecular complexity index is 535. The third-order valence-electron chi connectivity index (χ3n) is 4.56. The van der Waals surface area contributed by atoms with Crippen LogP contribution in [-0.2, 0) is 11.3 Å². The van der Waals surface area contributed by atoms with Gasteiger partial charge in [-0.05, 0) is 39.1 Å². The lowest BCUT2D eigenvalue weighted by molar-refractivity contribution is -0.0923. The number of rotatable bonds is 2. The summed E-state index contributed by atoms with van der Waals surface area (Å²) in [5.74, 6) is 0.646. The Labute approximate surface area is 124 Å². The normalized spacial score (nSPS) is 31.0. The highest BCUT2D eigenvalue weighted by molar-refractivity contribution is 7.09. The van der Waals surface area contributed by atoms with Crippen LogP contribution in [0.15, 0.2) is 22.5 Å². The minimum absolute atomic E-state index is 0.134. The van der Waals surface area contributed by atoms with Gasteiger partial charge in [0.05, 0.1) is 29.8 Å². The second-order valence-corrected chi connectivity index (χ2v) is 7.95. The zero-order valence-corrected chi connectivity index (χ0v) is 13.5. The number of thiophene rings is 1. The molecule has 2 aliphatic rings. The van der Waals surface area contributed by atoms with Crippen LogP contribution in [0.25, 0.3) is 0 Å². The first kappa shape index (κ1) is 13.9. The number of ether oxygens (including phenoxy) is 1. The third kappa shape index (κ3) is 1.95. The molecule has 4 nitrogen and oxygen atoms in total. The second-order valence-electron chi connectivity index (χ2n) is 6.92. The van der Waals surface area contributed by atoms with E-state index in [9.17, 15) is 0 Å². The van der Waals surface area contributed by atoms with E-state index in [4.69, 9.17) is 10.5 Å². The van der Waals surface area contributed by atoms with E-state index in [2.05, 4.69) is 55.1 Å². The Balaban J connectivity index is 1.96. The van der Waals surface area contributed by atoms with Crippen LogP contribution in [0.5, 0.6) is 0 Å². The van der Waals surface area contributed by atoms with E-state index in [0.717, 1.165) is 19.5 Å². The number of guanidine groups is 1. The van der Waals surface area contributed by atoms with Crippen LogP contribution < -0.4 is 5.73 Å². The lowest BCUT2D eigenvalue weighted by Gasteiger charge is -2.43. The van der Waals surface area contributed by atoms with Gasteiger partial charge in [-0.1, -0.05) is 6.07 Å².